The number of nitrogens with zero attached hydrogens (tertiary/aromatic N) is 1. The topological polar surface area (TPSA) is 70.7 Å². The van der Waals surface area contributed by atoms with E-state index in [1.54, 1.807) is 6.92 Å². The van der Waals surface area contributed by atoms with Gasteiger partial charge < -0.3 is 15.4 Å². The summed E-state index contributed by atoms with van der Waals surface area (Å²) in [5.41, 5.74) is 3.05. The summed E-state index contributed by atoms with van der Waals surface area (Å²) >= 11 is 0. The second-order valence-electron chi connectivity index (χ2n) is 6.84. The summed E-state index contributed by atoms with van der Waals surface area (Å²) in [4.78, 5) is 27.4. The van der Waals surface area contributed by atoms with Gasteiger partial charge in [-0.15, -0.1) is 0 Å². The third kappa shape index (κ3) is 5.23. The summed E-state index contributed by atoms with van der Waals surface area (Å²) in [5.74, 6) is -0.417. The van der Waals surface area contributed by atoms with Gasteiger partial charge in [-0.3, -0.25) is 4.90 Å². The van der Waals surface area contributed by atoms with Crippen LogP contribution < -0.4 is 10.6 Å². The number of benzene rings is 2. The number of carbonyl (C=O) groups excluding carboxylic acids is 2. The van der Waals surface area contributed by atoms with Crippen LogP contribution in [0.5, 0.6) is 0 Å². The smallest absolute Gasteiger partial charge is 0.338 e. The fourth-order valence-electron chi connectivity index (χ4n) is 3.43. The van der Waals surface area contributed by atoms with Crippen LogP contribution in [0.25, 0.3) is 0 Å². The van der Waals surface area contributed by atoms with Gasteiger partial charge in [0.25, 0.3) is 0 Å². The predicted molar refractivity (Wildman–Crippen MR) is 112 cm³/mol. The van der Waals surface area contributed by atoms with Crippen molar-refractivity contribution in [2.45, 2.75) is 26.4 Å². The zero-order valence-electron chi connectivity index (χ0n) is 16.9. The molecule has 2 aromatic carbocycles. The highest BCUT2D eigenvalue weighted by Crippen LogP contribution is 2.28. The van der Waals surface area contributed by atoms with Gasteiger partial charge >= 0.3 is 12.0 Å². The molecular weight excluding hydrogens is 366 g/mol. The van der Waals surface area contributed by atoms with Crippen LogP contribution in [0.1, 0.15) is 31.0 Å². The molecule has 6 heteroatoms. The van der Waals surface area contributed by atoms with Crippen molar-refractivity contribution in [3.63, 3.8) is 0 Å². The van der Waals surface area contributed by atoms with Gasteiger partial charge in [0.2, 0.25) is 0 Å². The van der Waals surface area contributed by atoms with Crippen molar-refractivity contribution < 1.29 is 14.3 Å². The molecule has 1 atom stereocenters. The molecular formula is C23H27N3O3. The highest BCUT2D eigenvalue weighted by atomic mass is 16.5. The van der Waals surface area contributed by atoms with E-state index in [4.69, 9.17) is 4.74 Å². The Hall–Kier alpha value is -3.12. The van der Waals surface area contributed by atoms with Gasteiger partial charge in [-0.05, 0) is 24.6 Å². The number of esters is 1. The van der Waals surface area contributed by atoms with Crippen molar-refractivity contribution >= 4 is 12.0 Å². The Kier molecular flexibility index (Phi) is 7.03. The zero-order chi connectivity index (χ0) is 20.6. The van der Waals surface area contributed by atoms with Crippen LogP contribution in [0.4, 0.5) is 4.79 Å². The van der Waals surface area contributed by atoms with E-state index in [1.165, 1.54) is 5.56 Å². The highest BCUT2D eigenvalue weighted by Gasteiger charge is 2.34. The molecule has 0 fully saturated rings. The van der Waals surface area contributed by atoms with Crippen LogP contribution in [-0.4, -0.2) is 36.6 Å². The third-order valence-corrected chi connectivity index (χ3v) is 4.86. The Morgan fingerprint density at radius 2 is 1.66 bits per heavy atom. The lowest BCUT2D eigenvalue weighted by atomic mass is 9.95. The lowest BCUT2D eigenvalue weighted by molar-refractivity contribution is -0.139. The lowest BCUT2D eigenvalue weighted by Gasteiger charge is -2.32. The predicted octanol–water partition coefficient (Wildman–Crippen LogP) is 3.38. The lowest BCUT2D eigenvalue weighted by Crippen LogP contribution is -2.48. The molecule has 0 aromatic heterocycles. The molecule has 6 nitrogen and oxygen atoms in total. The van der Waals surface area contributed by atoms with E-state index in [0.717, 1.165) is 18.7 Å². The van der Waals surface area contributed by atoms with E-state index in [1.807, 2.05) is 48.5 Å². The fourth-order valence-corrected chi connectivity index (χ4v) is 3.43. The van der Waals surface area contributed by atoms with E-state index >= 15 is 0 Å². The van der Waals surface area contributed by atoms with E-state index < -0.39 is 12.0 Å². The number of amides is 2. The molecule has 0 spiro atoms. The number of likely N-dealkylation sites (N-methyl/N-ethyl adjacent to an activating group) is 1. The Bertz CT molecular complexity index is 865. The second kappa shape index (κ2) is 9.89. The van der Waals surface area contributed by atoms with Crippen LogP contribution in [0.15, 0.2) is 71.9 Å². The molecule has 0 saturated carbocycles. The maximum Gasteiger partial charge on any atom is 0.338 e. The summed E-state index contributed by atoms with van der Waals surface area (Å²) in [6.07, 6.45) is 0. The number of nitrogens with one attached hydrogen (secondary N) is 2. The molecule has 3 rings (SSSR count). The molecule has 152 valence electrons. The molecule has 0 aliphatic carbocycles. The number of hydrogen-bond donors (Lipinski definition) is 2. The van der Waals surface area contributed by atoms with Crippen molar-refractivity contribution in [1.82, 2.24) is 15.5 Å². The molecule has 1 aliphatic rings. The van der Waals surface area contributed by atoms with Crippen LogP contribution in [0.2, 0.25) is 0 Å². The van der Waals surface area contributed by atoms with E-state index in [-0.39, 0.29) is 12.6 Å². The van der Waals surface area contributed by atoms with Gasteiger partial charge in [0.1, 0.15) is 0 Å². The van der Waals surface area contributed by atoms with Crippen LogP contribution in [0.3, 0.4) is 0 Å². The number of urea groups is 1. The summed E-state index contributed by atoms with van der Waals surface area (Å²) in [6, 6.07) is 18.7. The number of carbonyl (C=O) groups is 2. The van der Waals surface area contributed by atoms with Gasteiger partial charge in [0.15, 0.2) is 0 Å². The zero-order valence-corrected chi connectivity index (χ0v) is 16.9. The molecule has 2 amide bonds. The van der Waals surface area contributed by atoms with Crippen molar-refractivity contribution in [3.8, 4) is 0 Å². The van der Waals surface area contributed by atoms with E-state index in [9.17, 15) is 9.59 Å². The van der Waals surface area contributed by atoms with Crippen molar-refractivity contribution in [1.29, 1.82) is 0 Å². The fraction of sp³-hybridized carbons (Fsp3) is 0.304. The molecule has 2 N–H and O–H groups in total. The van der Waals surface area contributed by atoms with E-state index in [0.29, 0.717) is 17.8 Å². The number of hydrogen-bond acceptors (Lipinski definition) is 4. The maximum absolute atomic E-state index is 12.8. The largest absolute Gasteiger partial charge is 0.463 e. The summed E-state index contributed by atoms with van der Waals surface area (Å²) in [7, 11) is 0. The molecule has 0 radical (unpaired) electrons. The van der Waals surface area contributed by atoms with Gasteiger partial charge in [-0.1, -0.05) is 67.6 Å². The molecule has 0 bridgehead atoms. The van der Waals surface area contributed by atoms with Gasteiger partial charge in [-0.25, -0.2) is 9.59 Å². The van der Waals surface area contributed by atoms with Crippen LogP contribution >= 0.6 is 0 Å². The minimum absolute atomic E-state index is 0.270. The summed E-state index contributed by atoms with van der Waals surface area (Å²) in [6.45, 7) is 6.04. The Labute approximate surface area is 171 Å². The third-order valence-electron chi connectivity index (χ3n) is 4.86. The first-order valence-electron chi connectivity index (χ1n) is 9.91. The minimum atomic E-state index is -0.547. The SMILES string of the molecule is CCOC(=O)C1=C(CN(CC)Cc2ccccc2)NC(=O)N[C@H]1c1ccccc1. The van der Waals surface area contributed by atoms with Crippen molar-refractivity contribution in [3.05, 3.63) is 83.1 Å². The second-order valence-corrected chi connectivity index (χ2v) is 6.84. The Balaban J connectivity index is 1.95. The normalized spacial score (nSPS) is 16.4. The molecule has 1 aliphatic heterocycles. The molecule has 2 aromatic rings. The summed E-state index contributed by atoms with van der Waals surface area (Å²) < 4.78 is 5.33. The average molecular weight is 393 g/mol. The van der Waals surface area contributed by atoms with Crippen molar-refractivity contribution in [2.24, 2.45) is 0 Å². The molecule has 0 saturated heterocycles. The van der Waals surface area contributed by atoms with E-state index in [2.05, 4.69) is 34.6 Å². The number of ether oxygens (including phenoxy) is 1. The van der Waals surface area contributed by atoms with Crippen LogP contribution in [-0.2, 0) is 16.1 Å². The van der Waals surface area contributed by atoms with Crippen LogP contribution in [0, 0.1) is 0 Å². The van der Waals surface area contributed by atoms with Gasteiger partial charge in [0.05, 0.1) is 18.2 Å². The quantitative estimate of drug-likeness (QED) is 0.675. The highest BCUT2D eigenvalue weighted by molar-refractivity contribution is 5.95. The first-order chi connectivity index (χ1) is 14.1. The summed E-state index contributed by atoms with van der Waals surface area (Å²) in [5, 5.41) is 5.71. The molecule has 1 heterocycles. The molecule has 29 heavy (non-hydrogen) atoms. The Morgan fingerprint density at radius 3 is 2.28 bits per heavy atom. The first-order valence-corrected chi connectivity index (χ1v) is 9.91. The monoisotopic (exact) mass is 393 g/mol. The first kappa shape index (κ1) is 20.6. The average Bonchev–Trinajstić information content (AvgIpc) is 2.74. The molecule has 0 unspecified atom stereocenters. The van der Waals surface area contributed by atoms with Crippen molar-refractivity contribution in [2.75, 3.05) is 19.7 Å². The Morgan fingerprint density at radius 1 is 1.00 bits per heavy atom. The maximum atomic E-state index is 12.8. The minimum Gasteiger partial charge on any atom is -0.463 e. The number of rotatable bonds is 8. The van der Waals surface area contributed by atoms with Gasteiger partial charge in [-0.2, -0.15) is 0 Å². The standard InChI is InChI=1S/C23H27N3O3/c1-3-26(15-17-11-7-5-8-12-17)16-19-20(22(27)29-4-2)21(25-23(28)24-19)18-13-9-6-10-14-18/h5-14,21H,3-4,15-16H2,1-2H3,(H2,24,25,28)/t21-/m0/s1. The van der Waals surface area contributed by atoms with Gasteiger partial charge in [0, 0.05) is 18.8 Å².